The van der Waals surface area contributed by atoms with Crippen LogP contribution in [0.4, 0.5) is 5.69 Å². The van der Waals surface area contributed by atoms with E-state index in [1.54, 1.807) is 4.90 Å². The van der Waals surface area contributed by atoms with Gasteiger partial charge >= 0.3 is 0 Å². The molecule has 1 aromatic carbocycles. The summed E-state index contributed by atoms with van der Waals surface area (Å²) in [7, 11) is -2.97. The quantitative estimate of drug-likeness (QED) is 0.804. The Hall–Kier alpha value is -1.56. The van der Waals surface area contributed by atoms with Gasteiger partial charge in [-0.25, -0.2) is 8.42 Å². The van der Waals surface area contributed by atoms with E-state index in [2.05, 4.69) is 17.0 Å². The Kier molecular flexibility index (Phi) is 5.67. The molecule has 5 nitrogen and oxygen atoms in total. The van der Waals surface area contributed by atoms with Crippen molar-refractivity contribution in [2.45, 2.75) is 45.1 Å². The number of amides is 1. The molecule has 0 aromatic heterocycles. The van der Waals surface area contributed by atoms with Gasteiger partial charge in [0.15, 0.2) is 9.84 Å². The summed E-state index contributed by atoms with van der Waals surface area (Å²) in [5, 5.41) is 0. The Morgan fingerprint density at radius 3 is 2.40 bits per heavy atom. The zero-order valence-corrected chi connectivity index (χ0v) is 15.8. The van der Waals surface area contributed by atoms with E-state index in [0.717, 1.165) is 18.7 Å². The van der Waals surface area contributed by atoms with Gasteiger partial charge in [-0.1, -0.05) is 12.1 Å². The molecule has 6 heteroatoms. The first kappa shape index (κ1) is 18.2. The van der Waals surface area contributed by atoms with Crippen molar-refractivity contribution in [2.75, 3.05) is 36.0 Å². The minimum Gasteiger partial charge on any atom is -0.372 e. The lowest BCUT2D eigenvalue weighted by Gasteiger charge is -2.29. The summed E-state index contributed by atoms with van der Waals surface area (Å²) < 4.78 is 23.4. The molecule has 0 spiro atoms. The third-order valence-electron chi connectivity index (χ3n) is 5.32. The van der Waals surface area contributed by atoms with Crippen LogP contribution in [0.15, 0.2) is 24.3 Å². The number of carbonyl (C=O) groups excluding carboxylic acids is 1. The van der Waals surface area contributed by atoms with Crippen molar-refractivity contribution >= 4 is 21.4 Å². The fourth-order valence-corrected chi connectivity index (χ4v) is 5.64. The average Bonchev–Trinajstić information content (AvgIpc) is 2.96. The number of carbonyl (C=O) groups is 1. The van der Waals surface area contributed by atoms with Crippen molar-refractivity contribution in [3.8, 4) is 0 Å². The minimum atomic E-state index is -2.97. The maximum absolute atomic E-state index is 12.6. The largest absolute Gasteiger partial charge is 0.372 e. The van der Waals surface area contributed by atoms with Gasteiger partial charge < -0.3 is 9.80 Å². The lowest BCUT2D eigenvalue weighted by molar-refractivity contribution is -0.132. The highest BCUT2D eigenvalue weighted by Crippen LogP contribution is 2.22. The molecule has 0 N–H and O–H groups in total. The van der Waals surface area contributed by atoms with Crippen molar-refractivity contribution in [3.05, 3.63) is 29.8 Å². The highest BCUT2D eigenvalue weighted by molar-refractivity contribution is 7.91. The number of rotatable bonds is 5. The minimum absolute atomic E-state index is 0.0234. The fourth-order valence-electron chi connectivity index (χ4n) is 3.91. The zero-order chi connectivity index (χ0) is 17.9. The van der Waals surface area contributed by atoms with Gasteiger partial charge in [0.25, 0.3) is 0 Å². The Bertz CT molecular complexity index is 694. The van der Waals surface area contributed by atoms with Gasteiger partial charge in [0, 0.05) is 31.4 Å². The summed E-state index contributed by atoms with van der Waals surface area (Å²) in [6.07, 6.45) is 4.71. The van der Waals surface area contributed by atoms with Crippen LogP contribution in [0.1, 0.15) is 38.2 Å². The van der Waals surface area contributed by atoms with Gasteiger partial charge in [-0.2, -0.15) is 0 Å². The number of piperidine rings is 1. The molecule has 3 rings (SSSR count). The predicted molar refractivity (Wildman–Crippen MR) is 101 cm³/mol. The highest BCUT2D eigenvalue weighted by Gasteiger charge is 2.33. The summed E-state index contributed by atoms with van der Waals surface area (Å²) in [4.78, 5) is 16.8. The monoisotopic (exact) mass is 364 g/mol. The second-order valence-corrected chi connectivity index (χ2v) is 9.36. The predicted octanol–water partition coefficient (Wildman–Crippen LogP) is 2.26. The van der Waals surface area contributed by atoms with Crippen molar-refractivity contribution < 1.29 is 13.2 Å². The number of likely N-dealkylation sites (N-methyl/N-ethyl adjacent to an activating group) is 1. The molecule has 1 unspecified atom stereocenters. The van der Waals surface area contributed by atoms with Crippen LogP contribution in [-0.4, -0.2) is 56.4 Å². The van der Waals surface area contributed by atoms with Crippen molar-refractivity contribution in [3.63, 3.8) is 0 Å². The molecule has 2 fully saturated rings. The van der Waals surface area contributed by atoms with Crippen LogP contribution >= 0.6 is 0 Å². The van der Waals surface area contributed by atoms with Crippen molar-refractivity contribution in [1.29, 1.82) is 0 Å². The van der Waals surface area contributed by atoms with Crippen LogP contribution in [0.5, 0.6) is 0 Å². The SMILES string of the molecule is CCN(C(=O)Cc1ccc(N2CCCCC2)cc1)C1CCS(=O)(=O)C1. The third-order valence-corrected chi connectivity index (χ3v) is 7.07. The zero-order valence-electron chi connectivity index (χ0n) is 15.0. The van der Waals surface area contributed by atoms with E-state index in [-0.39, 0.29) is 23.5 Å². The first-order valence-electron chi connectivity index (χ1n) is 9.32. The van der Waals surface area contributed by atoms with Crippen LogP contribution in [0.3, 0.4) is 0 Å². The molecule has 0 radical (unpaired) electrons. The molecule has 0 bridgehead atoms. The van der Waals surface area contributed by atoms with E-state index in [0.29, 0.717) is 19.4 Å². The summed E-state index contributed by atoms with van der Waals surface area (Å²) in [6, 6.07) is 8.10. The van der Waals surface area contributed by atoms with Crippen molar-refractivity contribution in [1.82, 2.24) is 4.90 Å². The number of nitrogens with zero attached hydrogens (tertiary/aromatic N) is 2. The second-order valence-electron chi connectivity index (χ2n) is 7.13. The normalized spacial score (nSPS) is 22.8. The van der Waals surface area contributed by atoms with Crippen LogP contribution in [0.25, 0.3) is 0 Å². The highest BCUT2D eigenvalue weighted by atomic mass is 32.2. The molecule has 25 heavy (non-hydrogen) atoms. The smallest absolute Gasteiger partial charge is 0.227 e. The Morgan fingerprint density at radius 1 is 1.16 bits per heavy atom. The average molecular weight is 365 g/mol. The summed E-state index contributed by atoms with van der Waals surface area (Å²) >= 11 is 0. The van der Waals surface area contributed by atoms with Crippen LogP contribution in [0, 0.1) is 0 Å². The molecule has 0 aliphatic carbocycles. The third kappa shape index (κ3) is 4.54. The van der Waals surface area contributed by atoms with E-state index in [1.807, 2.05) is 19.1 Å². The molecule has 2 aliphatic rings. The lowest BCUT2D eigenvalue weighted by atomic mass is 10.1. The number of anilines is 1. The second kappa shape index (κ2) is 7.77. The molecule has 2 heterocycles. The van der Waals surface area contributed by atoms with Gasteiger partial charge in [-0.3, -0.25) is 4.79 Å². The van der Waals surface area contributed by atoms with Gasteiger partial charge in [0.05, 0.1) is 17.9 Å². The summed E-state index contributed by atoms with van der Waals surface area (Å²) in [5.41, 5.74) is 2.22. The first-order valence-corrected chi connectivity index (χ1v) is 11.1. The number of sulfone groups is 1. The van der Waals surface area contributed by atoms with Crippen LogP contribution < -0.4 is 4.90 Å². The van der Waals surface area contributed by atoms with E-state index in [1.165, 1.54) is 24.9 Å². The van der Waals surface area contributed by atoms with Gasteiger partial charge in [-0.05, 0) is 50.3 Å². The Morgan fingerprint density at radius 2 is 1.84 bits per heavy atom. The lowest BCUT2D eigenvalue weighted by Crippen LogP contribution is -2.41. The summed E-state index contributed by atoms with van der Waals surface area (Å²) in [5.74, 6) is 0.335. The van der Waals surface area contributed by atoms with Gasteiger partial charge in [0.2, 0.25) is 5.91 Å². The summed E-state index contributed by atoms with van der Waals surface area (Å²) in [6.45, 7) is 4.70. The van der Waals surface area contributed by atoms with E-state index >= 15 is 0 Å². The molecule has 1 amide bonds. The molecular formula is C19H28N2O3S. The van der Waals surface area contributed by atoms with Crippen LogP contribution in [-0.2, 0) is 21.1 Å². The topological polar surface area (TPSA) is 57.7 Å². The molecule has 2 saturated heterocycles. The molecule has 1 aromatic rings. The molecular weight excluding hydrogens is 336 g/mol. The van der Waals surface area contributed by atoms with Crippen molar-refractivity contribution in [2.24, 2.45) is 0 Å². The van der Waals surface area contributed by atoms with Gasteiger partial charge in [-0.15, -0.1) is 0 Å². The molecule has 138 valence electrons. The number of benzene rings is 1. The van der Waals surface area contributed by atoms with E-state index in [9.17, 15) is 13.2 Å². The first-order chi connectivity index (χ1) is 12.0. The Balaban J connectivity index is 1.61. The van der Waals surface area contributed by atoms with Gasteiger partial charge in [0.1, 0.15) is 0 Å². The standard InChI is InChI=1S/C19H28N2O3S/c1-2-21(18-10-13-25(23,24)15-18)19(22)14-16-6-8-17(9-7-16)20-11-4-3-5-12-20/h6-9,18H,2-5,10-15H2,1H3. The fraction of sp³-hybridized carbons (Fsp3) is 0.632. The number of hydrogen-bond acceptors (Lipinski definition) is 4. The molecule has 2 aliphatic heterocycles. The maximum atomic E-state index is 12.6. The van der Waals surface area contributed by atoms with E-state index in [4.69, 9.17) is 0 Å². The Labute approximate surface area is 150 Å². The molecule has 1 atom stereocenters. The maximum Gasteiger partial charge on any atom is 0.227 e. The van der Waals surface area contributed by atoms with Crippen LogP contribution in [0.2, 0.25) is 0 Å². The molecule has 0 saturated carbocycles. The van der Waals surface area contributed by atoms with E-state index < -0.39 is 9.84 Å². The number of hydrogen-bond donors (Lipinski definition) is 0.